The molecule has 0 unspecified atom stereocenters. The highest BCUT2D eigenvalue weighted by molar-refractivity contribution is 5.94. The molecule has 3 nitrogen and oxygen atoms in total. The van der Waals surface area contributed by atoms with Crippen LogP contribution in [0.1, 0.15) is 21.5 Å². The molecule has 1 amide bonds. The van der Waals surface area contributed by atoms with Crippen LogP contribution in [-0.2, 0) is 6.42 Å². The van der Waals surface area contributed by atoms with Gasteiger partial charge in [0, 0.05) is 12.1 Å². The zero-order chi connectivity index (χ0) is 14.4. The molecule has 20 heavy (non-hydrogen) atoms. The van der Waals surface area contributed by atoms with Gasteiger partial charge in [-0.3, -0.25) is 4.79 Å². The van der Waals surface area contributed by atoms with Gasteiger partial charge in [-0.15, -0.1) is 0 Å². The molecule has 2 rings (SSSR count). The van der Waals surface area contributed by atoms with Gasteiger partial charge >= 0.3 is 0 Å². The number of nitrogens with one attached hydrogen (secondary N) is 1. The first-order chi connectivity index (χ1) is 9.70. The molecular formula is C17H19NO2. The summed E-state index contributed by atoms with van der Waals surface area (Å²) in [7, 11) is 1.61. The van der Waals surface area contributed by atoms with E-state index in [1.165, 1.54) is 11.1 Å². The number of amides is 1. The second-order valence-corrected chi connectivity index (χ2v) is 4.66. The maximum Gasteiger partial charge on any atom is 0.251 e. The number of hydrogen-bond donors (Lipinski definition) is 1. The van der Waals surface area contributed by atoms with E-state index in [1.807, 2.05) is 12.1 Å². The molecular weight excluding hydrogens is 250 g/mol. The Balaban J connectivity index is 1.87. The summed E-state index contributed by atoms with van der Waals surface area (Å²) in [6.45, 7) is 2.72. The molecule has 0 saturated heterocycles. The van der Waals surface area contributed by atoms with Crippen molar-refractivity contribution >= 4 is 5.91 Å². The van der Waals surface area contributed by atoms with Crippen LogP contribution in [0.15, 0.2) is 48.5 Å². The number of benzene rings is 2. The van der Waals surface area contributed by atoms with Gasteiger partial charge in [0.2, 0.25) is 0 Å². The van der Waals surface area contributed by atoms with Gasteiger partial charge < -0.3 is 10.1 Å². The highest BCUT2D eigenvalue weighted by Gasteiger charge is 2.05. The maximum absolute atomic E-state index is 12.0. The third-order valence-corrected chi connectivity index (χ3v) is 3.29. The van der Waals surface area contributed by atoms with Crippen molar-refractivity contribution in [2.75, 3.05) is 13.7 Å². The highest BCUT2D eigenvalue weighted by atomic mass is 16.5. The number of hydrogen-bond acceptors (Lipinski definition) is 2. The Bertz CT molecular complexity index is 576. The van der Waals surface area contributed by atoms with Crippen molar-refractivity contribution in [3.8, 4) is 5.75 Å². The Kier molecular flexibility index (Phi) is 4.77. The average Bonchev–Trinajstić information content (AvgIpc) is 2.49. The zero-order valence-electron chi connectivity index (χ0n) is 11.8. The third kappa shape index (κ3) is 3.60. The lowest BCUT2D eigenvalue weighted by atomic mass is 10.1. The molecule has 0 aliphatic rings. The van der Waals surface area contributed by atoms with Crippen molar-refractivity contribution in [1.29, 1.82) is 0 Å². The van der Waals surface area contributed by atoms with E-state index in [2.05, 4.69) is 24.4 Å². The summed E-state index contributed by atoms with van der Waals surface area (Å²) in [5.74, 6) is 0.697. The van der Waals surface area contributed by atoms with Gasteiger partial charge in [0.15, 0.2) is 0 Å². The molecule has 0 atom stereocenters. The lowest BCUT2D eigenvalue weighted by Gasteiger charge is -2.08. The Morgan fingerprint density at radius 1 is 1.10 bits per heavy atom. The quantitative estimate of drug-likeness (QED) is 0.906. The van der Waals surface area contributed by atoms with Gasteiger partial charge in [0.1, 0.15) is 5.75 Å². The fraction of sp³-hybridized carbons (Fsp3) is 0.235. The van der Waals surface area contributed by atoms with E-state index in [9.17, 15) is 4.79 Å². The molecule has 104 valence electrons. The van der Waals surface area contributed by atoms with Crippen molar-refractivity contribution in [2.45, 2.75) is 13.3 Å². The Hall–Kier alpha value is -2.29. The third-order valence-electron chi connectivity index (χ3n) is 3.29. The normalized spacial score (nSPS) is 10.1. The summed E-state index contributed by atoms with van der Waals surface area (Å²) in [5.41, 5.74) is 3.17. The molecule has 0 saturated carbocycles. The SMILES string of the molecule is COc1ccc(C(=O)NCCc2ccccc2C)cc1. The number of aryl methyl sites for hydroxylation is 1. The van der Waals surface area contributed by atoms with E-state index in [1.54, 1.807) is 31.4 Å². The number of rotatable bonds is 5. The fourth-order valence-corrected chi connectivity index (χ4v) is 2.05. The molecule has 1 N–H and O–H groups in total. The summed E-state index contributed by atoms with van der Waals surface area (Å²) in [5, 5.41) is 2.93. The standard InChI is InChI=1S/C17H19NO2/c1-13-5-3-4-6-14(13)11-12-18-17(19)15-7-9-16(20-2)10-8-15/h3-10H,11-12H2,1-2H3,(H,18,19). The van der Waals surface area contributed by atoms with Crippen LogP contribution in [-0.4, -0.2) is 19.6 Å². The minimum Gasteiger partial charge on any atom is -0.497 e. The molecule has 0 spiro atoms. The minimum atomic E-state index is -0.0544. The molecule has 0 aromatic heterocycles. The smallest absolute Gasteiger partial charge is 0.251 e. The van der Waals surface area contributed by atoms with Gasteiger partial charge in [0.25, 0.3) is 5.91 Å². The zero-order valence-corrected chi connectivity index (χ0v) is 11.8. The summed E-state index contributed by atoms with van der Waals surface area (Å²) in [4.78, 5) is 12.0. The molecule has 0 heterocycles. The maximum atomic E-state index is 12.0. The second kappa shape index (κ2) is 6.75. The lowest BCUT2D eigenvalue weighted by Crippen LogP contribution is -2.25. The predicted molar refractivity (Wildman–Crippen MR) is 80.2 cm³/mol. The Labute approximate surface area is 119 Å². The Morgan fingerprint density at radius 3 is 2.45 bits per heavy atom. The first-order valence-electron chi connectivity index (χ1n) is 6.67. The van der Waals surface area contributed by atoms with Gasteiger partial charge in [-0.05, 0) is 48.7 Å². The number of methoxy groups -OCH3 is 1. The van der Waals surface area contributed by atoms with Crippen LogP contribution in [0.3, 0.4) is 0 Å². The molecule has 0 aliphatic heterocycles. The van der Waals surface area contributed by atoms with E-state index >= 15 is 0 Å². The lowest BCUT2D eigenvalue weighted by molar-refractivity contribution is 0.0954. The summed E-state index contributed by atoms with van der Waals surface area (Å²) >= 11 is 0. The minimum absolute atomic E-state index is 0.0544. The monoisotopic (exact) mass is 269 g/mol. The van der Waals surface area contributed by atoms with Crippen LogP contribution < -0.4 is 10.1 Å². The van der Waals surface area contributed by atoms with Crippen LogP contribution >= 0.6 is 0 Å². The predicted octanol–water partition coefficient (Wildman–Crippen LogP) is 2.98. The van der Waals surface area contributed by atoms with Crippen LogP contribution in [0, 0.1) is 6.92 Å². The van der Waals surface area contributed by atoms with Gasteiger partial charge in [-0.2, -0.15) is 0 Å². The van der Waals surface area contributed by atoms with Crippen molar-refractivity contribution in [2.24, 2.45) is 0 Å². The van der Waals surface area contributed by atoms with E-state index in [-0.39, 0.29) is 5.91 Å². The van der Waals surface area contributed by atoms with Crippen LogP contribution in [0.25, 0.3) is 0 Å². The molecule has 2 aromatic rings. The second-order valence-electron chi connectivity index (χ2n) is 4.66. The molecule has 0 fully saturated rings. The molecule has 2 aromatic carbocycles. The van der Waals surface area contributed by atoms with E-state index < -0.39 is 0 Å². The summed E-state index contributed by atoms with van der Waals surface area (Å²) in [6, 6.07) is 15.3. The summed E-state index contributed by atoms with van der Waals surface area (Å²) in [6.07, 6.45) is 0.842. The van der Waals surface area contributed by atoms with Gasteiger partial charge in [-0.25, -0.2) is 0 Å². The van der Waals surface area contributed by atoms with E-state index in [4.69, 9.17) is 4.74 Å². The van der Waals surface area contributed by atoms with Crippen LogP contribution in [0.2, 0.25) is 0 Å². The van der Waals surface area contributed by atoms with Gasteiger partial charge in [-0.1, -0.05) is 24.3 Å². The Morgan fingerprint density at radius 2 is 1.80 bits per heavy atom. The first-order valence-corrected chi connectivity index (χ1v) is 6.67. The molecule has 0 bridgehead atoms. The number of carbonyl (C=O) groups is 1. The van der Waals surface area contributed by atoms with Crippen molar-refractivity contribution in [1.82, 2.24) is 5.32 Å². The topological polar surface area (TPSA) is 38.3 Å². The molecule has 0 aliphatic carbocycles. The highest BCUT2D eigenvalue weighted by Crippen LogP contribution is 2.11. The summed E-state index contributed by atoms with van der Waals surface area (Å²) < 4.78 is 5.07. The number of ether oxygens (including phenoxy) is 1. The van der Waals surface area contributed by atoms with Gasteiger partial charge in [0.05, 0.1) is 7.11 Å². The molecule has 0 radical (unpaired) electrons. The van der Waals surface area contributed by atoms with Crippen LogP contribution in [0.5, 0.6) is 5.75 Å². The van der Waals surface area contributed by atoms with Crippen LogP contribution in [0.4, 0.5) is 0 Å². The largest absolute Gasteiger partial charge is 0.497 e. The van der Waals surface area contributed by atoms with Crippen molar-refractivity contribution in [3.63, 3.8) is 0 Å². The molecule has 3 heteroatoms. The van der Waals surface area contributed by atoms with Crippen molar-refractivity contribution < 1.29 is 9.53 Å². The van der Waals surface area contributed by atoms with E-state index in [0.717, 1.165) is 12.2 Å². The fourth-order valence-electron chi connectivity index (χ4n) is 2.05. The average molecular weight is 269 g/mol. The van der Waals surface area contributed by atoms with Crippen molar-refractivity contribution in [3.05, 3.63) is 65.2 Å². The van der Waals surface area contributed by atoms with E-state index in [0.29, 0.717) is 12.1 Å². The first kappa shape index (κ1) is 14.1. The number of carbonyl (C=O) groups excluding carboxylic acids is 1.